The molecule has 2 aromatic rings. The monoisotopic (exact) mass is 501 g/mol. The highest BCUT2D eigenvalue weighted by atomic mass is 127. The number of halogens is 2. The lowest BCUT2D eigenvalue weighted by Crippen LogP contribution is -2.52. The first-order valence-corrected chi connectivity index (χ1v) is 9.54. The fourth-order valence-electron chi connectivity index (χ4n) is 3.39. The molecule has 1 aliphatic rings. The highest BCUT2D eigenvalue weighted by Crippen LogP contribution is 2.17. The van der Waals surface area contributed by atoms with Gasteiger partial charge < -0.3 is 19.6 Å². The fourth-order valence-corrected chi connectivity index (χ4v) is 3.39. The summed E-state index contributed by atoms with van der Waals surface area (Å²) in [6.45, 7) is 11.1. The Morgan fingerprint density at radius 1 is 1.18 bits per heavy atom. The molecule has 28 heavy (non-hydrogen) atoms. The van der Waals surface area contributed by atoms with E-state index in [0.717, 1.165) is 67.8 Å². The van der Waals surface area contributed by atoms with Crippen LogP contribution in [0.3, 0.4) is 0 Å². The maximum atomic E-state index is 13.1. The molecule has 0 aliphatic carbocycles. The first kappa shape index (κ1) is 22.4. The largest absolute Gasteiger partial charge is 0.368 e. The zero-order valence-corrected chi connectivity index (χ0v) is 19.1. The molecule has 1 fully saturated rings. The minimum Gasteiger partial charge on any atom is -0.368 e. The van der Waals surface area contributed by atoms with Gasteiger partial charge in [-0.05, 0) is 51.5 Å². The van der Waals surface area contributed by atoms with Crippen LogP contribution in [0.4, 0.5) is 10.1 Å². The molecule has 0 spiro atoms. The lowest BCUT2D eigenvalue weighted by atomic mass is 10.1. The molecule has 8 heteroatoms. The van der Waals surface area contributed by atoms with Crippen LogP contribution in [0.2, 0.25) is 0 Å². The number of anilines is 1. The lowest BCUT2D eigenvalue weighted by Gasteiger charge is -2.37. The van der Waals surface area contributed by atoms with Crippen LogP contribution < -0.4 is 10.2 Å². The summed E-state index contributed by atoms with van der Waals surface area (Å²) in [5.41, 5.74) is 3.16. The van der Waals surface area contributed by atoms with E-state index in [9.17, 15) is 4.39 Å². The van der Waals surface area contributed by atoms with Crippen molar-refractivity contribution in [3.05, 3.63) is 47.1 Å². The second-order valence-electron chi connectivity index (χ2n) is 6.74. The van der Waals surface area contributed by atoms with Gasteiger partial charge in [-0.2, -0.15) is 0 Å². The van der Waals surface area contributed by atoms with Crippen LogP contribution in [0, 0.1) is 19.7 Å². The van der Waals surface area contributed by atoms with Gasteiger partial charge >= 0.3 is 0 Å². The number of benzene rings is 1. The minimum absolute atomic E-state index is 0. The predicted octanol–water partition coefficient (Wildman–Crippen LogP) is 3.38. The van der Waals surface area contributed by atoms with E-state index in [2.05, 4.69) is 27.2 Å². The van der Waals surface area contributed by atoms with E-state index in [1.807, 2.05) is 26.0 Å². The Labute approximate surface area is 183 Å². The maximum Gasteiger partial charge on any atom is 0.194 e. The number of aryl methyl sites for hydroxylation is 2. The van der Waals surface area contributed by atoms with Gasteiger partial charge in [0.15, 0.2) is 5.96 Å². The number of hydrogen-bond acceptors (Lipinski definition) is 4. The normalized spacial score (nSPS) is 14.8. The summed E-state index contributed by atoms with van der Waals surface area (Å²) >= 11 is 0. The number of hydrogen-bond donors (Lipinski definition) is 1. The van der Waals surface area contributed by atoms with Crippen molar-refractivity contribution in [2.45, 2.75) is 27.2 Å². The van der Waals surface area contributed by atoms with Crippen LogP contribution in [0.25, 0.3) is 0 Å². The molecule has 1 aromatic heterocycles. The maximum absolute atomic E-state index is 13.1. The summed E-state index contributed by atoms with van der Waals surface area (Å²) in [6, 6.07) is 6.71. The van der Waals surface area contributed by atoms with E-state index in [1.54, 1.807) is 0 Å². The number of nitrogens with zero attached hydrogens (tertiary/aromatic N) is 4. The van der Waals surface area contributed by atoms with Gasteiger partial charge in [0.2, 0.25) is 0 Å². The topological polar surface area (TPSA) is 56.9 Å². The molecule has 0 amide bonds. The third kappa shape index (κ3) is 5.59. The number of rotatable bonds is 5. The molecule has 6 nitrogen and oxygen atoms in total. The van der Waals surface area contributed by atoms with Crippen molar-refractivity contribution in [2.75, 3.05) is 44.2 Å². The quantitative estimate of drug-likeness (QED) is 0.387. The molecule has 1 N–H and O–H groups in total. The van der Waals surface area contributed by atoms with Crippen LogP contribution in [-0.2, 0) is 6.42 Å². The molecule has 1 saturated heterocycles. The van der Waals surface area contributed by atoms with Crippen LogP contribution >= 0.6 is 24.0 Å². The van der Waals surface area contributed by atoms with Gasteiger partial charge in [-0.25, -0.2) is 4.39 Å². The molecular weight excluding hydrogens is 472 g/mol. The summed E-state index contributed by atoms with van der Waals surface area (Å²) in [6.07, 6.45) is 0.825. The van der Waals surface area contributed by atoms with Crippen molar-refractivity contribution in [3.63, 3.8) is 0 Å². The van der Waals surface area contributed by atoms with Crippen LogP contribution in [-0.4, -0.2) is 55.3 Å². The summed E-state index contributed by atoms with van der Waals surface area (Å²) in [5, 5.41) is 7.40. The van der Waals surface area contributed by atoms with Crippen LogP contribution in [0.15, 0.2) is 33.8 Å². The Morgan fingerprint density at radius 2 is 1.86 bits per heavy atom. The Bertz CT molecular complexity index is 750. The van der Waals surface area contributed by atoms with Crippen molar-refractivity contribution in [1.29, 1.82) is 0 Å². The lowest BCUT2D eigenvalue weighted by molar-refractivity contribution is 0.372. The predicted molar refractivity (Wildman–Crippen MR) is 121 cm³/mol. The number of nitrogens with one attached hydrogen (secondary N) is 1. The molecule has 1 aliphatic heterocycles. The first-order chi connectivity index (χ1) is 13.1. The van der Waals surface area contributed by atoms with Crippen molar-refractivity contribution >= 4 is 35.6 Å². The Morgan fingerprint density at radius 3 is 2.43 bits per heavy atom. The average Bonchev–Trinajstić information content (AvgIpc) is 3.00. The number of aromatic nitrogens is 1. The molecule has 3 rings (SSSR count). The zero-order chi connectivity index (χ0) is 19.2. The molecule has 0 unspecified atom stereocenters. The van der Waals surface area contributed by atoms with Gasteiger partial charge in [-0.15, -0.1) is 24.0 Å². The SMILES string of the molecule is CCNC(=NCCc1c(C)noc1C)N1CCN(c2ccc(F)cc2)CC1.I. The van der Waals surface area contributed by atoms with Crippen molar-refractivity contribution in [3.8, 4) is 0 Å². The summed E-state index contributed by atoms with van der Waals surface area (Å²) in [7, 11) is 0. The van der Waals surface area contributed by atoms with Gasteiger partial charge in [0, 0.05) is 50.5 Å². The van der Waals surface area contributed by atoms with Gasteiger partial charge in [-0.1, -0.05) is 5.16 Å². The van der Waals surface area contributed by atoms with Gasteiger partial charge in [-0.3, -0.25) is 4.99 Å². The smallest absolute Gasteiger partial charge is 0.194 e. The summed E-state index contributed by atoms with van der Waals surface area (Å²) in [5.74, 6) is 1.63. The molecular formula is C20H29FIN5O. The molecule has 154 valence electrons. The number of piperazine rings is 1. The number of guanidine groups is 1. The Kier molecular flexibility index (Phi) is 8.53. The minimum atomic E-state index is -0.197. The van der Waals surface area contributed by atoms with Crippen LogP contribution in [0.5, 0.6) is 0 Å². The van der Waals surface area contributed by atoms with E-state index >= 15 is 0 Å². The molecule has 0 saturated carbocycles. The first-order valence-electron chi connectivity index (χ1n) is 9.54. The Hall–Kier alpha value is -1.84. The third-order valence-corrected chi connectivity index (χ3v) is 4.91. The molecule has 1 aromatic carbocycles. The van der Waals surface area contributed by atoms with E-state index in [4.69, 9.17) is 9.52 Å². The van der Waals surface area contributed by atoms with E-state index in [-0.39, 0.29) is 29.8 Å². The highest BCUT2D eigenvalue weighted by Gasteiger charge is 2.20. The molecule has 2 heterocycles. The van der Waals surface area contributed by atoms with Crippen molar-refractivity contribution in [1.82, 2.24) is 15.4 Å². The van der Waals surface area contributed by atoms with Crippen molar-refractivity contribution in [2.24, 2.45) is 4.99 Å². The van der Waals surface area contributed by atoms with Gasteiger partial charge in [0.05, 0.1) is 5.69 Å². The van der Waals surface area contributed by atoms with Gasteiger partial charge in [0.25, 0.3) is 0 Å². The fraction of sp³-hybridized carbons (Fsp3) is 0.500. The summed E-state index contributed by atoms with van der Waals surface area (Å²) in [4.78, 5) is 9.37. The number of aliphatic imine (C=N–C) groups is 1. The standard InChI is InChI=1S/C20H28FN5O.HI/c1-4-22-20(23-10-9-19-15(2)24-27-16(19)3)26-13-11-25(12-14-26)18-7-5-17(21)6-8-18;/h5-8H,4,9-14H2,1-3H3,(H,22,23);1H. The second kappa shape index (κ2) is 10.6. The van der Waals surface area contributed by atoms with Crippen LogP contribution in [0.1, 0.15) is 23.9 Å². The average molecular weight is 501 g/mol. The summed E-state index contributed by atoms with van der Waals surface area (Å²) < 4.78 is 18.3. The van der Waals surface area contributed by atoms with E-state index in [1.165, 1.54) is 12.1 Å². The van der Waals surface area contributed by atoms with Crippen molar-refractivity contribution < 1.29 is 8.91 Å². The third-order valence-electron chi connectivity index (χ3n) is 4.91. The molecule has 0 atom stereocenters. The van der Waals surface area contributed by atoms with Gasteiger partial charge in [0.1, 0.15) is 11.6 Å². The second-order valence-corrected chi connectivity index (χ2v) is 6.74. The molecule has 0 radical (unpaired) electrons. The zero-order valence-electron chi connectivity index (χ0n) is 16.7. The molecule has 0 bridgehead atoms. The Balaban J connectivity index is 0.00000280. The van der Waals surface area contributed by atoms with E-state index < -0.39 is 0 Å². The van der Waals surface area contributed by atoms with E-state index in [0.29, 0.717) is 6.54 Å². The highest BCUT2D eigenvalue weighted by molar-refractivity contribution is 14.0.